The Morgan fingerprint density at radius 1 is 0.588 bits per heavy atom. The molecule has 3 N–H and O–H groups in total. The lowest BCUT2D eigenvalue weighted by Gasteiger charge is -2.21. The van der Waals surface area contributed by atoms with Crippen LogP contribution in [0, 0.1) is 0 Å². The van der Waals surface area contributed by atoms with Gasteiger partial charge in [-0.2, -0.15) is 0 Å². The molecule has 0 saturated carbocycles. The van der Waals surface area contributed by atoms with Gasteiger partial charge in [-0.05, 0) is 19.8 Å². The maximum absolute atomic E-state index is 11.3. The lowest BCUT2D eigenvalue weighted by atomic mass is 10.1. The molecule has 0 spiro atoms. The summed E-state index contributed by atoms with van der Waals surface area (Å²) in [5.41, 5.74) is 0. The second-order valence-corrected chi connectivity index (χ2v) is 6.74. The van der Waals surface area contributed by atoms with Gasteiger partial charge in [-0.3, -0.25) is 14.4 Å². The van der Waals surface area contributed by atoms with Crippen molar-refractivity contribution in [2.24, 2.45) is 0 Å². The van der Waals surface area contributed by atoms with Crippen molar-refractivity contribution < 1.29 is 63.0 Å². The summed E-state index contributed by atoms with van der Waals surface area (Å²) in [6, 6.07) is 0. The minimum absolute atomic E-state index is 0.0160. The number of carboxylic acid groups (broad SMARTS) is 3. The van der Waals surface area contributed by atoms with Crippen molar-refractivity contribution >= 4 is 35.6 Å². The number of aliphatic carboxylic acids is 3. The Morgan fingerprint density at radius 3 is 1.15 bits per heavy atom. The Labute approximate surface area is 197 Å². The average molecular weight is 494 g/mol. The first-order valence-electron chi connectivity index (χ1n) is 10.7. The molecule has 4 atom stereocenters. The zero-order chi connectivity index (χ0) is 26.8. The third kappa shape index (κ3) is 13.5. The van der Waals surface area contributed by atoms with E-state index in [4.69, 9.17) is 24.8 Å². The number of ketones is 1. The molecule has 0 heterocycles. The number of carbonyl (C=O) groups is 6. The highest BCUT2D eigenvalue weighted by Gasteiger charge is 2.38. The van der Waals surface area contributed by atoms with E-state index in [1.807, 2.05) is 13.8 Å². The Bertz CT molecular complexity index is 630. The monoisotopic (exact) mass is 494 g/mol. The number of Topliss-reactive ketones (excluding diaryl/α,β-unsaturated/α-hetero) is 1. The van der Waals surface area contributed by atoms with Gasteiger partial charge < -0.3 is 34.3 Å². The van der Waals surface area contributed by atoms with E-state index in [2.05, 4.69) is 9.47 Å². The highest BCUT2D eigenvalue weighted by Crippen LogP contribution is 2.10. The van der Waals surface area contributed by atoms with Crippen LogP contribution >= 0.6 is 0 Å². The Morgan fingerprint density at radius 2 is 0.912 bits per heavy atom. The zero-order valence-corrected chi connectivity index (χ0v) is 20.0. The molecule has 13 heteroatoms. The molecule has 0 saturated heterocycles. The molecule has 0 aliphatic heterocycles. The van der Waals surface area contributed by atoms with E-state index in [0.29, 0.717) is 12.8 Å². The normalized spacial score (nSPS) is 13.8. The van der Waals surface area contributed by atoms with Gasteiger partial charge in [-0.25, -0.2) is 14.4 Å². The van der Waals surface area contributed by atoms with Crippen molar-refractivity contribution in [3.63, 3.8) is 0 Å². The number of carbonyl (C=O) groups excluding carboxylic acids is 3. The van der Waals surface area contributed by atoms with Gasteiger partial charge in [0.1, 0.15) is 0 Å². The number of hydrogen-bond acceptors (Lipinski definition) is 10. The van der Waals surface area contributed by atoms with Gasteiger partial charge in [-0.1, -0.05) is 27.7 Å². The summed E-state index contributed by atoms with van der Waals surface area (Å²) in [6.45, 7) is 8.02. The van der Waals surface area contributed by atoms with Crippen LogP contribution in [0.1, 0.15) is 60.3 Å². The van der Waals surface area contributed by atoms with Gasteiger partial charge in [0.05, 0.1) is 0 Å². The molecule has 13 nitrogen and oxygen atoms in total. The van der Waals surface area contributed by atoms with E-state index < -0.39 is 60.0 Å². The van der Waals surface area contributed by atoms with E-state index in [1.165, 1.54) is 13.8 Å². The van der Waals surface area contributed by atoms with E-state index in [-0.39, 0.29) is 26.1 Å². The maximum Gasteiger partial charge on any atom is 0.349 e. The predicted molar refractivity (Wildman–Crippen MR) is 114 cm³/mol. The molecule has 0 aliphatic carbocycles. The van der Waals surface area contributed by atoms with Crippen LogP contribution in [0.15, 0.2) is 0 Å². The first-order chi connectivity index (χ1) is 15.9. The van der Waals surface area contributed by atoms with Gasteiger partial charge in [0, 0.05) is 26.1 Å². The SMILES string of the molecule is CCC(=O)OC(C(C)=O)C(OC(=O)CC)C(=O)O.CCCOC(C(=O)O)C(OCCC)C(=O)O. The highest BCUT2D eigenvalue weighted by molar-refractivity contribution is 5.91. The first kappa shape index (κ1) is 33.1. The van der Waals surface area contributed by atoms with Gasteiger partial charge >= 0.3 is 29.8 Å². The summed E-state index contributed by atoms with van der Waals surface area (Å²) >= 11 is 0. The van der Waals surface area contributed by atoms with E-state index in [9.17, 15) is 28.8 Å². The average Bonchev–Trinajstić information content (AvgIpc) is 2.77. The summed E-state index contributed by atoms with van der Waals surface area (Å²) in [5, 5.41) is 26.6. The molecule has 0 amide bonds. The second-order valence-electron chi connectivity index (χ2n) is 6.74. The highest BCUT2D eigenvalue weighted by atomic mass is 16.6. The molecule has 0 bridgehead atoms. The molecule has 0 fully saturated rings. The van der Waals surface area contributed by atoms with Crippen LogP contribution in [-0.2, 0) is 47.7 Å². The van der Waals surface area contributed by atoms with Crippen LogP contribution in [0.4, 0.5) is 0 Å². The number of rotatable bonds is 16. The molecule has 0 aliphatic rings. The summed E-state index contributed by atoms with van der Waals surface area (Å²) in [5.74, 6) is -6.42. The van der Waals surface area contributed by atoms with Crippen molar-refractivity contribution in [1.29, 1.82) is 0 Å². The second kappa shape index (κ2) is 18.4. The number of carboxylic acids is 3. The minimum atomic E-state index is -1.81. The molecule has 0 radical (unpaired) electrons. The molecule has 196 valence electrons. The van der Waals surface area contributed by atoms with E-state index >= 15 is 0 Å². The summed E-state index contributed by atoms with van der Waals surface area (Å²) in [4.78, 5) is 66.1. The van der Waals surface area contributed by atoms with Gasteiger partial charge in [-0.15, -0.1) is 0 Å². The predicted octanol–water partition coefficient (Wildman–Crippen LogP) is 1.05. The fourth-order valence-corrected chi connectivity index (χ4v) is 2.12. The molecule has 4 unspecified atom stereocenters. The van der Waals surface area contributed by atoms with Crippen molar-refractivity contribution in [2.75, 3.05) is 13.2 Å². The maximum atomic E-state index is 11.3. The lowest BCUT2D eigenvalue weighted by Crippen LogP contribution is -2.44. The lowest BCUT2D eigenvalue weighted by molar-refractivity contribution is -0.181. The number of ether oxygens (including phenoxy) is 4. The van der Waals surface area contributed by atoms with Crippen molar-refractivity contribution in [3.05, 3.63) is 0 Å². The number of esters is 2. The Hall–Kier alpha value is -3.06. The quantitative estimate of drug-likeness (QED) is 0.257. The molecule has 0 aromatic carbocycles. The van der Waals surface area contributed by atoms with Crippen molar-refractivity contribution in [2.45, 2.75) is 84.7 Å². The summed E-state index contributed by atoms with van der Waals surface area (Å²) in [7, 11) is 0. The Kier molecular flexibility index (Phi) is 17.9. The fraction of sp³-hybridized carbons (Fsp3) is 0.714. The molecule has 0 rings (SSSR count). The van der Waals surface area contributed by atoms with Crippen LogP contribution in [0.5, 0.6) is 0 Å². The largest absolute Gasteiger partial charge is 0.479 e. The van der Waals surface area contributed by atoms with E-state index in [0.717, 1.165) is 6.92 Å². The van der Waals surface area contributed by atoms with Gasteiger partial charge in [0.2, 0.25) is 12.2 Å². The number of hydrogen-bond donors (Lipinski definition) is 3. The summed E-state index contributed by atoms with van der Waals surface area (Å²) in [6.07, 6.45) is -5.18. The standard InChI is InChI=1S/C11H16O7.C10H18O6/c1-4-7(13)17-9(6(3)12)10(11(15)16)18-8(14)5-2;1-3-5-15-7(9(11)12)8(10(13)14)16-6-4-2/h9-10H,4-5H2,1-3H3,(H,15,16);7-8H,3-6H2,1-2H3,(H,11,12)(H,13,14). The first-order valence-corrected chi connectivity index (χ1v) is 10.7. The van der Waals surface area contributed by atoms with Crippen molar-refractivity contribution in [1.82, 2.24) is 0 Å². The van der Waals surface area contributed by atoms with E-state index in [1.54, 1.807) is 0 Å². The smallest absolute Gasteiger partial charge is 0.349 e. The van der Waals surface area contributed by atoms with Crippen LogP contribution in [0.2, 0.25) is 0 Å². The zero-order valence-electron chi connectivity index (χ0n) is 20.0. The van der Waals surface area contributed by atoms with Crippen LogP contribution in [0.25, 0.3) is 0 Å². The van der Waals surface area contributed by atoms with Crippen LogP contribution in [-0.4, -0.2) is 88.6 Å². The Balaban J connectivity index is 0. The van der Waals surface area contributed by atoms with Crippen LogP contribution < -0.4 is 0 Å². The molecule has 0 aromatic heterocycles. The van der Waals surface area contributed by atoms with Gasteiger partial charge in [0.25, 0.3) is 0 Å². The molecule has 0 aromatic rings. The van der Waals surface area contributed by atoms with Gasteiger partial charge in [0.15, 0.2) is 18.0 Å². The fourth-order valence-electron chi connectivity index (χ4n) is 2.12. The van der Waals surface area contributed by atoms with Crippen LogP contribution in [0.3, 0.4) is 0 Å². The topological polar surface area (TPSA) is 200 Å². The third-order valence-corrected chi connectivity index (χ3v) is 3.78. The van der Waals surface area contributed by atoms with Crippen molar-refractivity contribution in [3.8, 4) is 0 Å². The minimum Gasteiger partial charge on any atom is -0.479 e. The molecular weight excluding hydrogens is 460 g/mol. The third-order valence-electron chi connectivity index (χ3n) is 3.78. The summed E-state index contributed by atoms with van der Waals surface area (Å²) < 4.78 is 19.2. The molecular formula is C21H34O13. The molecule has 34 heavy (non-hydrogen) atoms.